The molecule has 142 valence electrons. The molecule has 5 rings (SSSR count). The lowest BCUT2D eigenvalue weighted by atomic mass is 10.1. The van der Waals surface area contributed by atoms with Crippen LogP contribution in [-0.4, -0.2) is 25.6 Å². The van der Waals surface area contributed by atoms with Crippen molar-refractivity contribution in [2.24, 2.45) is 0 Å². The molecule has 0 aliphatic heterocycles. The summed E-state index contributed by atoms with van der Waals surface area (Å²) >= 11 is 1.27. The Balaban J connectivity index is 1.59. The smallest absolute Gasteiger partial charge is 0.339 e. The number of phenols is 1. The van der Waals surface area contributed by atoms with Gasteiger partial charge in [0.25, 0.3) is 5.56 Å². The number of hydrogen-bond acceptors (Lipinski definition) is 6. The van der Waals surface area contributed by atoms with Crippen LogP contribution in [0.1, 0.15) is 16.1 Å². The first-order chi connectivity index (χ1) is 14.0. The van der Waals surface area contributed by atoms with Gasteiger partial charge in [-0.25, -0.2) is 14.2 Å². The van der Waals surface area contributed by atoms with Crippen LogP contribution in [0.4, 0.5) is 0 Å². The van der Waals surface area contributed by atoms with Gasteiger partial charge in [0.2, 0.25) is 0 Å². The van der Waals surface area contributed by atoms with Crippen molar-refractivity contribution < 1.29 is 19.4 Å². The van der Waals surface area contributed by atoms with Crippen LogP contribution in [0, 0.1) is 0 Å². The van der Waals surface area contributed by atoms with Gasteiger partial charge < -0.3 is 14.6 Å². The molecule has 0 amide bonds. The normalized spacial score (nSPS) is 12.2. The van der Waals surface area contributed by atoms with E-state index in [1.165, 1.54) is 23.5 Å². The lowest BCUT2D eigenvalue weighted by molar-refractivity contribution is 0.0694. The summed E-state index contributed by atoms with van der Waals surface area (Å²) in [5.74, 6) is -0.661. The summed E-state index contributed by atoms with van der Waals surface area (Å²) in [6.45, 7) is 0. The highest BCUT2D eigenvalue weighted by atomic mass is 32.1. The molecule has 7 nitrogen and oxygen atoms in total. The van der Waals surface area contributed by atoms with Crippen LogP contribution in [0.2, 0.25) is 0 Å². The number of nitrogens with zero attached hydrogens (tertiary/aromatic N) is 2. The molecule has 0 aliphatic carbocycles. The van der Waals surface area contributed by atoms with E-state index in [-0.39, 0.29) is 16.9 Å². The number of benzene rings is 2. The Bertz CT molecular complexity index is 1530. The first kappa shape index (κ1) is 17.2. The maximum Gasteiger partial charge on any atom is 0.339 e. The van der Waals surface area contributed by atoms with E-state index in [2.05, 4.69) is 4.98 Å². The lowest BCUT2D eigenvalue weighted by Gasteiger charge is -2.02. The Labute approximate surface area is 166 Å². The third-order valence-corrected chi connectivity index (χ3v) is 5.53. The van der Waals surface area contributed by atoms with Gasteiger partial charge in [-0.3, -0.25) is 4.79 Å². The molecule has 2 N–H and O–H groups in total. The SMILES string of the molecule is O=C(O)c1cc(-c2ccc(C=c3sc4nc5ccccc5n4c3=O)o2)ccc1O. The zero-order valence-electron chi connectivity index (χ0n) is 14.7. The molecule has 0 atom stereocenters. The van der Waals surface area contributed by atoms with Gasteiger partial charge in [0, 0.05) is 11.6 Å². The van der Waals surface area contributed by atoms with Crippen molar-refractivity contribution in [3.8, 4) is 17.1 Å². The first-order valence-electron chi connectivity index (χ1n) is 8.59. The van der Waals surface area contributed by atoms with Crippen LogP contribution in [0.5, 0.6) is 5.75 Å². The molecule has 0 spiro atoms. The molecular formula is C21H12N2O5S. The summed E-state index contributed by atoms with van der Waals surface area (Å²) in [4.78, 5) is 29.1. The monoisotopic (exact) mass is 404 g/mol. The van der Waals surface area contributed by atoms with E-state index >= 15 is 0 Å². The number of aromatic hydroxyl groups is 1. The fraction of sp³-hybridized carbons (Fsp3) is 0. The van der Waals surface area contributed by atoms with Gasteiger partial charge in [-0.15, -0.1) is 0 Å². The van der Waals surface area contributed by atoms with Crippen LogP contribution < -0.4 is 10.1 Å². The predicted octanol–water partition coefficient (Wildman–Crippen LogP) is 3.12. The molecule has 0 saturated carbocycles. The van der Waals surface area contributed by atoms with Crippen LogP contribution in [0.15, 0.2) is 63.8 Å². The average molecular weight is 404 g/mol. The topological polar surface area (TPSA) is 105 Å². The highest BCUT2D eigenvalue weighted by molar-refractivity contribution is 7.15. The number of carbonyl (C=O) groups is 1. The standard InChI is InChI=1S/C21H12N2O5S/c24-16-7-5-11(9-13(16)20(26)27)17-8-6-12(28-17)10-18-19(25)23-15-4-2-1-3-14(15)22-21(23)29-18/h1-10,24H,(H,26,27). The Hall–Kier alpha value is -3.91. The summed E-state index contributed by atoms with van der Waals surface area (Å²) in [6.07, 6.45) is 1.64. The van der Waals surface area contributed by atoms with Crippen molar-refractivity contribution >= 4 is 39.4 Å². The third kappa shape index (κ3) is 2.77. The molecular weight excluding hydrogens is 392 g/mol. The molecule has 29 heavy (non-hydrogen) atoms. The molecule has 8 heteroatoms. The van der Waals surface area contributed by atoms with Crippen LogP contribution in [-0.2, 0) is 0 Å². The predicted molar refractivity (Wildman–Crippen MR) is 108 cm³/mol. The fourth-order valence-electron chi connectivity index (χ4n) is 3.19. The summed E-state index contributed by atoms with van der Waals surface area (Å²) in [5, 5.41) is 18.8. The Morgan fingerprint density at radius 2 is 1.97 bits per heavy atom. The van der Waals surface area contributed by atoms with Crippen LogP contribution in [0.25, 0.3) is 33.4 Å². The molecule has 2 aromatic carbocycles. The number of rotatable bonds is 3. The molecule has 0 fully saturated rings. The van der Waals surface area contributed by atoms with Crippen molar-refractivity contribution in [1.29, 1.82) is 0 Å². The van der Waals surface area contributed by atoms with E-state index in [4.69, 9.17) is 9.52 Å². The molecule has 0 radical (unpaired) electrons. The molecule has 3 aromatic heterocycles. The number of fused-ring (bicyclic) bond motifs is 3. The zero-order chi connectivity index (χ0) is 20.1. The maximum atomic E-state index is 12.8. The van der Waals surface area contributed by atoms with E-state index in [0.29, 0.717) is 26.6 Å². The first-order valence-corrected chi connectivity index (χ1v) is 9.41. The number of imidazole rings is 1. The summed E-state index contributed by atoms with van der Waals surface area (Å²) < 4.78 is 7.83. The van der Waals surface area contributed by atoms with Gasteiger partial charge in [0.1, 0.15) is 27.4 Å². The fourth-order valence-corrected chi connectivity index (χ4v) is 4.15. The van der Waals surface area contributed by atoms with Gasteiger partial charge in [0.05, 0.1) is 11.0 Å². The van der Waals surface area contributed by atoms with E-state index in [1.54, 1.807) is 28.7 Å². The molecule has 0 bridgehead atoms. The number of aromatic carboxylic acids is 1. The number of carboxylic acids is 1. The number of hydrogen-bond donors (Lipinski definition) is 2. The lowest BCUT2D eigenvalue weighted by Crippen LogP contribution is -2.22. The van der Waals surface area contributed by atoms with Gasteiger partial charge in [0.15, 0.2) is 4.96 Å². The second-order valence-corrected chi connectivity index (χ2v) is 7.38. The summed E-state index contributed by atoms with van der Waals surface area (Å²) in [6, 6.07) is 15.0. The summed E-state index contributed by atoms with van der Waals surface area (Å²) in [5.41, 5.74) is 1.65. The van der Waals surface area contributed by atoms with Crippen molar-refractivity contribution in [2.75, 3.05) is 0 Å². The van der Waals surface area contributed by atoms with E-state index in [0.717, 1.165) is 11.0 Å². The van der Waals surface area contributed by atoms with Gasteiger partial charge in [-0.1, -0.05) is 23.5 Å². The number of aromatic nitrogens is 2. The summed E-state index contributed by atoms with van der Waals surface area (Å²) in [7, 11) is 0. The van der Waals surface area contributed by atoms with Crippen LogP contribution >= 0.6 is 11.3 Å². The molecule has 0 saturated heterocycles. The minimum Gasteiger partial charge on any atom is -0.507 e. The minimum absolute atomic E-state index is 0.172. The number of furan rings is 1. The zero-order valence-corrected chi connectivity index (χ0v) is 15.5. The van der Waals surface area contributed by atoms with Gasteiger partial charge >= 0.3 is 5.97 Å². The Morgan fingerprint density at radius 3 is 2.79 bits per heavy atom. The maximum absolute atomic E-state index is 12.8. The van der Waals surface area contributed by atoms with Crippen molar-refractivity contribution in [2.45, 2.75) is 0 Å². The van der Waals surface area contributed by atoms with Gasteiger partial charge in [-0.05, 0) is 42.5 Å². The Kier molecular flexibility index (Phi) is 3.75. The largest absolute Gasteiger partial charge is 0.507 e. The quantitative estimate of drug-likeness (QED) is 0.479. The Morgan fingerprint density at radius 1 is 1.14 bits per heavy atom. The van der Waals surface area contributed by atoms with Gasteiger partial charge in [-0.2, -0.15) is 0 Å². The van der Waals surface area contributed by atoms with Crippen molar-refractivity contribution in [1.82, 2.24) is 9.38 Å². The second-order valence-electron chi connectivity index (χ2n) is 6.37. The highest BCUT2D eigenvalue weighted by Crippen LogP contribution is 2.27. The van der Waals surface area contributed by atoms with E-state index < -0.39 is 5.97 Å². The van der Waals surface area contributed by atoms with E-state index in [1.807, 2.05) is 24.3 Å². The molecule has 5 aromatic rings. The van der Waals surface area contributed by atoms with Crippen molar-refractivity contribution in [3.63, 3.8) is 0 Å². The van der Waals surface area contributed by atoms with Crippen LogP contribution in [0.3, 0.4) is 0 Å². The molecule has 0 unspecified atom stereocenters. The minimum atomic E-state index is -1.23. The number of para-hydroxylation sites is 2. The highest BCUT2D eigenvalue weighted by Gasteiger charge is 2.14. The second kappa shape index (κ2) is 6.32. The van der Waals surface area contributed by atoms with E-state index in [9.17, 15) is 14.7 Å². The molecule has 3 heterocycles. The number of thiazole rings is 1. The molecule has 0 aliphatic rings. The average Bonchev–Trinajstić information content (AvgIpc) is 3.38. The third-order valence-electron chi connectivity index (χ3n) is 4.56. The number of carboxylic acid groups (broad SMARTS) is 1. The van der Waals surface area contributed by atoms with Crippen molar-refractivity contribution in [3.05, 3.63) is 80.8 Å².